The lowest BCUT2D eigenvalue weighted by Crippen LogP contribution is -2.09. The molecule has 0 aromatic carbocycles. The minimum atomic E-state index is 0.623. The van der Waals surface area contributed by atoms with Crippen molar-refractivity contribution in [2.45, 2.75) is 26.8 Å². The van der Waals surface area contributed by atoms with Crippen molar-refractivity contribution in [1.29, 1.82) is 0 Å². The smallest absolute Gasteiger partial charge is 0.114 e. The summed E-state index contributed by atoms with van der Waals surface area (Å²) in [6.45, 7) is 4.59. The van der Waals surface area contributed by atoms with Gasteiger partial charge in [-0.15, -0.1) is 11.3 Å². The van der Waals surface area contributed by atoms with Crippen molar-refractivity contribution in [2.75, 3.05) is 0 Å². The standard InChI is InChI=1S/C8H13N3S/c1-3-7(9)10-4-8-11-6(2)5-12-8/h5H,3-4H2,1-2H3,(H2,9,10). The van der Waals surface area contributed by atoms with Gasteiger partial charge in [0.25, 0.3) is 0 Å². The third-order valence-corrected chi connectivity index (χ3v) is 2.40. The fraction of sp³-hybridized carbons (Fsp3) is 0.500. The molecule has 0 aliphatic rings. The van der Waals surface area contributed by atoms with Crippen LogP contribution in [0.5, 0.6) is 0 Å². The molecule has 0 bridgehead atoms. The van der Waals surface area contributed by atoms with Crippen LogP contribution in [0.15, 0.2) is 10.4 Å². The van der Waals surface area contributed by atoms with Crippen LogP contribution >= 0.6 is 11.3 Å². The van der Waals surface area contributed by atoms with E-state index in [2.05, 4.69) is 9.98 Å². The first kappa shape index (κ1) is 9.19. The van der Waals surface area contributed by atoms with Crippen molar-refractivity contribution in [3.63, 3.8) is 0 Å². The lowest BCUT2D eigenvalue weighted by atomic mass is 10.4. The van der Waals surface area contributed by atoms with E-state index < -0.39 is 0 Å². The number of rotatable bonds is 3. The number of aryl methyl sites for hydroxylation is 1. The molecule has 66 valence electrons. The van der Waals surface area contributed by atoms with Gasteiger partial charge in [-0.1, -0.05) is 6.92 Å². The van der Waals surface area contributed by atoms with Crippen LogP contribution in [-0.4, -0.2) is 10.8 Å². The van der Waals surface area contributed by atoms with Crippen LogP contribution in [0.4, 0.5) is 0 Å². The maximum Gasteiger partial charge on any atom is 0.114 e. The summed E-state index contributed by atoms with van der Waals surface area (Å²) in [6.07, 6.45) is 0.810. The second-order valence-corrected chi connectivity index (χ2v) is 3.49. The second-order valence-electron chi connectivity index (χ2n) is 2.54. The SMILES string of the molecule is CCC(N)=NCc1nc(C)cs1. The van der Waals surface area contributed by atoms with Gasteiger partial charge in [-0.25, -0.2) is 4.98 Å². The van der Waals surface area contributed by atoms with E-state index in [-0.39, 0.29) is 0 Å². The van der Waals surface area contributed by atoms with Gasteiger partial charge in [0, 0.05) is 17.5 Å². The van der Waals surface area contributed by atoms with Crippen molar-refractivity contribution in [3.05, 3.63) is 16.1 Å². The highest BCUT2D eigenvalue weighted by Gasteiger charge is 1.96. The monoisotopic (exact) mass is 183 g/mol. The Labute approximate surface area is 76.4 Å². The molecule has 1 rings (SSSR count). The minimum absolute atomic E-state index is 0.623. The number of thiazole rings is 1. The molecule has 3 nitrogen and oxygen atoms in total. The first-order valence-corrected chi connectivity index (χ1v) is 4.80. The predicted octanol–water partition coefficient (Wildman–Crippen LogP) is 1.72. The highest BCUT2D eigenvalue weighted by molar-refractivity contribution is 7.09. The Morgan fingerprint density at radius 2 is 2.50 bits per heavy atom. The number of nitrogens with zero attached hydrogens (tertiary/aromatic N) is 2. The first-order valence-electron chi connectivity index (χ1n) is 3.92. The maximum absolute atomic E-state index is 5.55. The molecule has 1 aromatic heterocycles. The van der Waals surface area contributed by atoms with Crippen molar-refractivity contribution >= 4 is 17.2 Å². The normalized spacial score (nSPS) is 12.0. The number of hydrogen-bond donors (Lipinski definition) is 1. The van der Waals surface area contributed by atoms with Crippen LogP contribution in [0.2, 0.25) is 0 Å². The average Bonchev–Trinajstić information content (AvgIpc) is 2.47. The van der Waals surface area contributed by atoms with Crippen LogP contribution in [0.25, 0.3) is 0 Å². The molecule has 1 heterocycles. The molecule has 0 radical (unpaired) electrons. The number of hydrogen-bond acceptors (Lipinski definition) is 3. The molecule has 0 aliphatic heterocycles. The van der Waals surface area contributed by atoms with E-state index in [0.717, 1.165) is 17.1 Å². The summed E-state index contributed by atoms with van der Waals surface area (Å²) in [5.41, 5.74) is 6.61. The molecule has 4 heteroatoms. The van der Waals surface area contributed by atoms with Crippen molar-refractivity contribution in [3.8, 4) is 0 Å². The van der Waals surface area contributed by atoms with E-state index in [0.29, 0.717) is 12.4 Å². The van der Waals surface area contributed by atoms with Gasteiger partial charge in [0.2, 0.25) is 0 Å². The molecule has 2 N–H and O–H groups in total. The summed E-state index contributed by atoms with van der Waals surface area (Å²) >= 11 is 1.63. The summed E-state index contributed by atoms with van der Waals surface area (Å²) < 4.78 is 0. The fourth-order valence-electron chi connectivity index (χ4n) is 0.756. The van der Waals surface area contributed by atoms with Gasteiger partial charge < -0.3 is 5.73 Å². The van der Waals surface area contributed by atoms with E-state index >= 15 is 0 Å². The zero-order valence-corrected chi connectivity index (χ0v) is 8.19. The Bertz CT molecular complexity index is 278. The van der Waals surface area contributed by atoms with Crippen molar-refractivity contribution < 1.29 is 0 Å². The van der Waals surface area contributed by atoms with Crippen molar-refractivity contribution in [1.82, 2.24) is 4.98 Å². The van der Waals surface area contributed by atoms with Gasteiger partial charge in [0.05, 0.1) is 12.4 Å². The molecule has 0 fully saturated rings. The van der Waals surface area contributed by atoms with E-state index in [4.69, 9.17) is 5.73 Å². The zero-order valence-electron chi connectivity index (χ0n) is 7.37. The maximum atomic E-state index is 5.55. The Balaban J connectivity index is 2.53. The molecule has 0 saturated carbocycles. The van der Waals surface area contributed by atoms with Gasteiger partial charge >= 0.3 is 0 Å². The zero-order chi connectivity index (χ0) is 8.97. The number of aliphatic imine (C=N–C) groups is 1. The van der Waals surface area contributed by atoms with Gasteiger partial charge in [0.1, 0.15) is 5.01 Å². The highest BCUT2D eigenvalue weighted by Crippen LogP contribution is 2.09. The molecular weight excluding hydrogens is 170 g/mol. The Morgan fingerprint density at radius 1 is 1.75 bits per heavy atom. The summed E-state index contributed by atoms with van der Waals surface area (Å²) in [6, 6.07) is 0. The molecule has 0 unspecified atom stereocenters. The Kier molecular flexibility index (Phi) is 3.22. The average molecular weight is 183 g/mol. The van der Waals surface area contributed by atoms with Gasteiger partial charge in [0.15, 0.2) is 0 Å². The quantitative estimate of drug-likeness (QED) is 0.573. The summed E-state index contributed by atoms with van der Waals surface area (Å²) in [4.78, 5) is 8.44. The van der Waals surface area contributed by atoms with Crippen LogP contribution in [0, 0.1) is 6.92 Å². The lowest BCUT2D eigenvalue weighted by Gasteiger charge is -1.92. The van der Waals surface area contributed by atoms with Crippen molar-refractivity contribution in [2.24, 2.45) is 10.7 Å². The third-order valence-electron chi connectivity index (χ3n) is 1.45. The lowest BCUT2D eigenvalue weighted by molar-refractivity contribution is 1.00. The Hall–Kier alpha value is -0.900. The van der Waals surface area contributed by atoms with Gasteiger partial charge in [-0.05, 0) is 6.92 Å². The largest absolute Gasteiger partial charge is 0.387 e. The van der Waals surface area contributed by atoms with Crippen LogP contribution in [0.3, 0.4) is 0 Å². The summed E-state index contributed by atoms with van der Waals surface area (Å²) in [5.74, 6) is 0.697. The van der Waals surface area contributed by atoms with Crippen LogP contribution < -0.4 is 5.73 Å². The number of nitrogens with two attached hydrogens (primary N) is 1. The van der Waals surface area contributed by atoms with E-state index in [1.54, 1.807) is 11.3 Å². The topological polar surface area (TPSA) is 51.3 Å². The molecule has 0 spiro atoms. The first-order chi connectivity index (χ1) is 5.72. The minimum Gasteiger partial charge on any atom is -0.387 e. The van der Waals surface area contributed by atoms with Crippen LogP contribution in [0.1, 0.15) is 24.0 Å². The summed E-state index contributed by atoms with van der Waals surface area (Å²) in [5, 5.41) is 3.05. The fourth-order valence-corrected chi connectivity index (χ4v) is 1.45. The summed E-state index contributed by atoms with van der Waals surface area (Å²) in [7, 11) is 0. The molecule has 1 aromatic rings. The molecule has 0 saturated heterocycles. The number of amidine groups is 1. The third kappa shape index (κ3) is 2.62. The molecule has 0 atom stereocenters. The molecule has 0 amide bonds. The molecule has 12 heavy (non-hydrogen) atoms. The van der Waals surface area contributed by atoms with Crippen LogP contribution in [-0.2, 0) is 6.54 Å². The Morgan fingerprint density at radius 3 is 3.00 bits per heavy atom. The second kappa shape index (κ2) is 4.21. The molecular formula is C8H13N3S. The van der Waals surface area contributed by atoms with E-state index in [9.17, 15) is 0 Å². The van der Waals surface area contributed by atoms with Gasteiger partial charge in [-0.3, -0.25) is 4.99 Å². The molecule has 0 aliphatic carbocycles. The van der Waals surface area contributed by atoms with E-state index in [1.807, 2.05) is 19.2 Å². The van der Waals surface area contributed by atoms with E-state index in [1.165, 1.54) is 0 Å². The predicted molar refractivity (Wildman–Crippen MR) is 52.5 cm³/mol. The highest BCUT2D eigenvalue weighted by atomic mass is 32.1. The van der Waals surface area contributed by atoms with Gasteiger partial charge in [-0.2, -0.15) is 0 Å². The number of aromatic nitrogens is 1.